The molecule has 2 aliphatic rings. The topological polar surface area (TPSA) is 46.6 Å². The van der Waals surface area contributed by atoms with Gasteiger partial charge in [0.05, 0.1) is 0 Å². The highest BCUT2D eigenvalue weighted by molar-refractivity contribution is 5.98. The van der Waals surface area contributed by atoms with E-state index >= 15 is 0 Å². The van der Waals surface area contributed by atoms with Gasteiger partial charge < -0.3 is 9.64 Å². The molecule has 4 nitrogen and oxygen atoms in total. The van der Waals surface area contributed by atoms with E-state index in [4.69, 9.17) is 4.74 Å². The average molecular weight is 446 g/mol. The third-order valence-corrected chi connectivity index (χ3v) is 7.01. The van der Waals surface area contributed by atoms with E-state index in [2.05, 4.69) is 24.8 Å². The van der Waals surface area contributed by atoms with Crippen LogP contribution in [0, 0.1) is 5.41 Å². The molecule has 0 aromatic heterocycles. The van der Waals surface area contributed by atoms with Crippen LogP contribution < -0.4 is 0 Å². The minimum atomic E-state index is -0.603. The molecule has 2 atom stereocenters. The molecule has 4 heteroatoms. The van der Waals surface area contributed by atoms with Gasteiger partial charge in [-0.1, -0.05) is 95.8 Å². The van der Waals surface area contributed by atoms with Gasteiger partial charge in [0.15, 0.2) is 0 Å². The summed E-state index contributed by atoms with van der Waals surface area (Å²) in [6, 6.07) is 0. The van der Waals surface area contributed by atoms with Gasteiger partial charge in [0.2, 0.25) is 5.91 Å². The van der Waals surface area contributed by atoms with Gasteiger partial charge in [0.1, 0.15) is 11.5 Å². The van der Waals surface area contributed by atoms with Gasteiger partial charge in [-0.15, -0.1) is 0 Å². The summed E-state index contributed by atoms with van der Waals surface area (Å²) in [6.07, 6.45) is 19.8. The number of carbonyl (C=O) groups is 2. The molecule has 0 bridgehead atoms. The Morgan fingerprint density at radius 1 is 0.969 bits per heavy atom. The van der Waals surface area contributed by atoms with Crippen LogP contribution in [0.5, 0.6) is 0 Å². The number of hydrogen-bond acceptors (Lipinski definition) is 3. The highest BCUT2D eigenvalue weighted by atomic mass is 16.6. The summed E-state index contributed by atoms with van der Waals surface area (Å²) < 4.78 is 5.44. The van der Waals surface area contributed by atoms with Gasteiger partial charge >= 0.3 is 5.97 Å². The van der Waals surface area contributed by atoms with E-state index in [0.717, 1.165) is 31.5 Å². The standard InChI is InChI=1S/C28H47NO3/c1-5-7-9-11-13-15-19-29(20-16-14-12-10-8-6-2)26(30)24-21-25-28(22-24,27(31)32-25)18-17-23(3)4/h17,22,25H,5-16,18-21H2,1-4H3/t25?,28-/m1/s1. The molecule has 1 aliphatic heterocycles. The van der Waals surface area contributed by atoms with Crippen LogP contribution >= 0.6 is 0 Å². The Labute approximate surface area is 196 Å². The lowest BCUT2D eigenvalue weighted by Crippen LogP contribution is -2.52. The van der Waals surface area contributed by atoms with Crippen molar-refractivity contribution in [1.29, 1.82) is 0 Å². The minimum Gasteiger partial charge on any atom is -0.460 e. The van der Waals surface area contributed by atoms with Gasteiger partial charge in [0.25, 0.3) is 0 Å². The maximum absolute atomic E-state index is 13.5. The summed E-state index contributed by atoms with van der Waals surface area (Å²) in [7, 11) is 0. The molecule has 182 valence electrons. The zero-order chi connectivity index (χ0) is 23.4. The van der Waals surface area contributed by atoms with Gasteiger partial charge in [-0.2, -0.15) is 0 Å². The van der Waals surface area contributed by atoms with E-state index in [9.17, 15) is 9.59 Å². The van der Waals surface area contributed by atoms with Crippen molar-refractivity contribution in [2.75, 3.05) is 13.1 Å². The summed E-state index contributed by atoms with van der Waals surface area (Å²) in [4.78, 5) is 27.9. The molecule has 32 heavy (non-hydrogen) atoms. The molecular weight excluding hydrogens is 398 g/mol. The SMILES string of the molecule is CCCCCCCCN(CCCCCCCC)C(=O)C1=C[C@@]2(CC=C(C)C)C(=O)OC2C1. The third-order valence-electron chi connectivity index (χ3n) is 7.01. The Bertz CT molecular complexity index is 646. The number of rotatable bonds is 17. The Morgan fingerprint density at radius 3 is 2.00 bits per heavy atom. The molecule has 0 spiro atoms. The number of nitrogens with zero attached hydrogens (tertiary/aromatic N) is 1. The summed E-state index contributed by atoms with van der Waals surface area (Å²) >= 11 is 0. The molecule has 0 aromatic carbocycles. The Morgan fingerprint density at radius 2 is 1.50 bits per heavy atom. The number of ether oxygens (including phenoxy) is 1. The van der Waals surface area contributed by atoms with Crippen LogP contribution in [0.15, 0.2) is 23.3 Å². The molecule has 1 heterocycles. The molecule has 2 rings (SSSR count). The zero-order valence-corrected chi connectivity index (χ0v) is 21.2. The summed E-state index contributed by atoms with van der Waals surface area (Å²) in [5.74, 6) is -0.0318. The van der Waals surface area contributed by atoms with Crippen molar-refractivity contribution < 1.29 is 14.3 Å². The molecule has 1 unspecified atom stereocenters. The third kappa shape index (κ3) is 7.49. The Kier molecular flexibility index (Phi) is 11.5. The second-order valence-corrected chi connectivity index (χ2v) is 10.1. The monoisotopic (exact) mass is 445 g/mol. The fourth-order valence-corrected chi connectivity index (χ4v) is 4.84. The predicted octanol–water partition coefficient (Wildman–Crippen LogP) is 7.13. The maximum Gasteiger partial charge on any atom is 0.320 e. The predicted molar refractivity (Wildman–Crippen MR) is 132 cm³/mol. The van der Waals surface area contributed by atoms with Gasteiger partial charge in [-0.25, -0.2) is 0 Å². The van der Waals surface area contributed by atoms with E-state index in [-0.39, 0.29) is 18.0 Å². The molecule has 1 amide bonds. The first-order valence-electron chi connectivity index (χ1n) is 13.3. The first-order valence-corrected chi connectivity index (χ1v) is 13.3. The maximum atomic E-state index is 13.5. The summed E-state index contributed by atoms with van der Waals surface area (Å²) in [5, 5.41) is 0. The molecule has 1 fully saturated rings. The Balaban J connectivity index is 1.96. The van der Waals surface area contributed by atoms with Crippen LogP contribution in [0.4, 0.5) is 0 Å². The number of esters is 1. The van der Waals surface area contributed by atoms with Gasteiger partial charge in [-0.3, -0.25) is 9.59 Å². The number of carbonyl (C=O) groups excluding carboxylic acids is 2. The van der Waals surface area contributed by atoms with Crippen LogP contribution in [0.2, 0.25) is 0 Å². The van der Waals surface area contributed by atoms with Crippen LogP contribution in [-0.4, -0.2) is 36.0 Å². The minimum absolute atomic E-state index is 0.134. The number of allylic oxidation sites excluding steroid dienone is 2. The molecule has 0 aromatic rings. The smallest absolute Gasteiger partial charge is 0.320 e. The second kappa shape index (κ2) is 13.9. The lowest BCUT2D eigenvalue weighted by atomic mass is 9.77. The van der Waals surface area contributed by atoms with Gasteiger partial charge in [-0.05, 0) is 33.1 Å². The fraction of sp³-hybridized carbons (Fsp3) is 0.786. The molecular formula is C28H47NO3. The fourth-order valence-electron chi connectivity index (χ4n) is 4.84. The van der Waals surface area contributed by atoms with Crippen molar-refractivity contribution >= 4 is 11.9 Å². The van der Waals surface area contributed by atoms with E-state index in [0.29, 0.717) is 12.8 Å². The van der Waals surface area contributed by atoms with Crippen molar-refractivity contribution in [1.82, 2.24) is 4.90 Å². The second-order valence-electron chi connectivity index (χ2n) is 10.1. The van der Waals surface area contributed by atoms with Crippen LogP contribution in [-0.2, 0) is 14.3 Å². The van der Waals surface area contributed by atoms with Crippen LogP contribution in [0.1, 0.15) is 118 Å². The number of amides is 1. The van der Waals surface area contributed by atoms with Crippen molar-refractivity contribution in [2.24, 2.45) is 5.41 Å². The largest absolute Gasteiger partial charge is 0.460 e. The highest BCUT2D eigenvalue weighted by Crippen LogP contribution is 2.50. The normalized spacial score (nSPS) is 21.4. The lowest BCUT2D eigenvalue weighted by molar-refractivity contribution is -0.194. The molecule has 1 aliphatic carbocycles. The highest BCUT2D eigenvalue weighted by Gasteiger charge is 2.60. The van der Waals surface area contributed by atoms with E-state index < -0.39 is 5.41 Å². The van der Waals surface area contributed by atoms with Crippen LogP contribution in [0.25, 0.3) is 0 Å². The summed E-state index contributed by atoms with van der Waals surface area (Å²) in [5.41, 5.74) is 1.38. The van der Waals surface area contributed by atoms with E-state index in [1.807, 2.05) is 19.9 Å². The quantitative estimate of drug-likeness (QED) is 0.136. The van der Waals surface area contributed by atoms with Crippen molar-refractivity contribution in [3.8, 4) is 0 Å². The molecule has 1 saturated heterocycles. The zero-order valence-electron chi connectivity index (χ0n) is 21.2. The number of hydrogen-bond donors (Lipinski definition) is 0. The number of unbranched alkanes of at least 4 members (excludes halogenated alkanes) is 10. The van der Waals surface area contributed by atoms with Crippen LogP contribution in [0.3, 0.4) is 0 Å². The lowest BCUT2D eigenvalue weighted by Gasteiger charge is -2.41. The van der Waals surface area contributed by atoms with E-state index in [1.165, 1.54) is 69.8 Å². The molecule has 0 radical (unpaired) electrons. The molecule has 0 N–H and O–H groups in total. The summed E-state index contributed by atoms with van der Waals surface area (Å²) in [6.45, 7) is 10.2. The molecule has 0 saturated carbocycles. The van der Waals surface area contributed by atoms with Crippen molar-refractivity contribution in [3.05, 3.63) is 23.3 Å². The van der Waals surface area contributed by atoms with Gasteiger partial charge in [0, 0.05) is 25.1 Å². The Hall–Kier alpha value is -1.58. The number of fused-ring (bicyclic) bond motifs is 1. The average Bonchev–Trinajstić information content (AvgIpc) is 3.07. The van der Waals surface area contributed by atoms with Crippen molar-refractivity contribution in [3.63, 3.8) is 0 Å². The van der Waals surface area contributed by atoms with Crippen molar-refractivity contribution in [2.45, 2.75) is 124 Å². The van der Waals surface area contributed by atoms with E-state index in [1.54, 1.807) is 0 Å². The first-order chi connectivity index (χ1) is 15.4. The first kappa shape index (κ1) is 26.7.